The maximum absolute atomic E-state index is 11.8. The zero-order chi connectivity index (χ0) is 14.7. The maximum Gasteiger partial charge on any atom is 0.344 e. The summed E-state index contributed by atoms with van der Waals surface area (Å²) in [7, 11) is 1.23. The van der Waals surface area contributed by atoms with Gasteiger partial charge in [0.25, 0.3) is 0 Å². The van der Waals surface area contributed by atoms with Crippen LogP contribution in [0.3, 0.4) is 0 Å². The molecule has 0 fully saturated rings. The molecular weight excluding hydrogens is 262 g/mol. The van der Waals surface area contributed by atoms with Crippen molar-refractivity contribution < 1.29 is 19.1 Å². The van der Waals surface area contributed by atoms with Crippen molar-refractivity contribution in [1.29, 1.82) is 0 Å². The third-order valence-electron chi connectivity index (χ3n) is 2.71. The molecule has 0 unspecified atom stereocenters. The molecular formula is C13H15N3O4. The summed E-state index contributed by atoms with van der Waals surface area (Å²) in [5.41, 5.74) is 0.967. The highest BCUT2D eigenvalue weighted by Crippen LogP contribution is 2.17. The molecule has 2 rings (SSSR count). The van der Waals surface area contributed by atoms with Gasteiger partial charge in [-0.05, 0) is 19.9 Å². The first-order valence-electron chi connectivity index (χ1n) is 6.10. The predicted octanol–water partition coefficient (Wildman–Crippen LogP) is 1.34. The summed E-state index contributed by atoms with van der Waals surface area (Å²) >= 11 is 0. The lowest BCUT2D eigenvalue weighted by Gasteiger charge is -2.06. The Balaban J connectivity index is 2.20. The van der Waals surface area contributed by atoms with Gasteiger partial charge in [-0.25, -0.2) is 19.3 Å². The zero-order valence-corrected chi connectivity index (χ0v) is 11.5. The molecule has 0 amide bonds. The van der Waals surface area contributed by atoms with Crippen molar-refractivity contribution in [3.63, 3.8) is 0 Å². The SMILES string of the molecule is COC(=O)COC(=O)c1cnc2c(cnn2C(C)C)c1. The molecule has 7 heteroatoms. The molecule has 0 bridgehead atoms. The minimum absolute atomic E-state index is 0.178. The van der Waals surface area contributed by atoms with Gasteiger partial charge in [0, 0.05) is 17.6 Å². The third kappa shape index (κ3) is 2.76. The molecule has 0 aliphatic carbocycles. The molecule has 0 N–H and O–H groups in total. The highest BCUT2D eigenvalue weighted by Gasteiger charge is 2.14. The number of carbonyl (C=O) groups is 2. The second kappa shape index (κ2) is 5.68. The maximum atomic E-state index is 11.8. The Morgan fingerprint density at radius 3 is 2.75 bits per heavy atom. The standard InChI is InChI=1S/C13H15N3O4/c1-8(2)16-12-9(6-15-16)4-10(5-14-12)13(18)20-7-11(17)19-3/h4-6,8H,7H2,1-3H3. The lowest BCUT2D eigenvalue weighted by molar-refractivity contribution is -0.144. The van der Waals surface area contributed by atoms with Gasteiger partial charge in [-0.3, -0.25) is 0 Å². The molecule has 2 heterocycles. The van der Waals surface area contributed by atoms with E-state index in [-0.39, 0.29) is 11.6 Å². The van der Waals surface area contributed by atoms with E-state index in [0.29, 0.717) is 5.65 Å². The van der Waals surface area contributed by atoms with Crippen molar-refractivity contribution in [1.82, 2.24) is 14.8 Å². The van der Waals surface area contributed by atoms with Crippen molar-refractivity contribution in [2.75, 3.05) is 13.7 Å². The van der Waals surface area contributed by atoms with Gasteiger partial charge in [-0.1, -0.05) is 0 Å². The number of rotatable bonds is 4. The Morgan fingerprint density at radius 1 is 1.35 bits per heavy atom. The fraction of sp³-hybridized carbons (Fsp3) is 0.385. The molecule has 0 spiro atoms. The van der Waals surface area contributed by atoms with Crippen molar-refractivity contribution >= 4 is 23.0 Å². The van der Waals surface area contributed by atoms with E-state index in [1.165, 1.54) is 13.3 Å². The van der Waals surface area contributed by atoms with Gasteiger partial charge in [0.05, 0.1) is 18.9 Å². The summed E-state index contributed by atoms with van der Waals surface area (Å²) in [4.78, 5) is 26.9. The molecule has 0 aromatic carbocycles. The zero-order valence-electron chi connectivity index (χ0n) is 11.5. The summed E-state index contributed by atoms with van der Waals surface area (Å²) in [6.45, 7) is 3.57. The van der Waals surface area contributed by atoms with Crippen LogP contribution in [0, 0.1) is 0 Å². The quantitative estimate of drug-likeness (QED) is 0.784. The largest absolute Gasteiger partial charge is 0.466 e. The Labute approximate surface area is 115 Å². The van der Waals surface area contributed by atoms with Crippen LogP contribution in [-0.4, -0.2) is 40.4 Å². The number of nitrogens with zero attached hydrogens (tertiary/aromatic N) is 3. The topological polar surface area (TPSA) is 83.3 Å². The van der Waals surface area contributed by atoms with E-state index in [1.807, 2.05) is 13.8 Å². The van der Waals surface area contributed by atoms with Gasteiger partial charge in [-0.15, -0.1) is 0 Å². The summed E-state index contributed by atoms with van der Waals surface area (Å²) in [5.74, 6) is -1.23. The number of fused-ring (bicyclic) bond motifs is 1. The lowest BCUT2D eigenvalue weighted by Crippen LogP contribution is -2.15. The first-order valence-corrected chi connectivity index (χ1v) is 6.10. The molecule has 2 aromatic rings. The van der Waals surface area contributed by atoms with E-state index < -0.39 is 18.5 Å². The van der Waals surface area contributed by atoms with Crippen molar-refractivity contribution in [3.05, 3.63) is 24.0 Å². The Hall–Kier alpha value is -2.44. The number of methoxy groups -OCH3 is 1. The average Bonchev–Trinajstić information content (AvgIpc) is 2.87. The highest BCUT2D eigenvalue weighted by atomic mass is 16.6. The van der Waals surface area contributed by atoms with E-state index >= 15 is 0 Å². The van der Waals surface area contributed by atoms with Crippen LogP contribution in [0.2, 0.25) is 0 Å². The van der Waals surface area contributed by atoms with E-state index in [4.69, 9.17) is 4.74 Å². The molecule has 0 radical (unpaired) electrons. The molecule has 0 aliphatic heterocycles. The summed E-state index contributed by atoms with van der Waals surface area (Å²) < 4.78 is 11.0. The minimum Gasteiger partial charge on any atom is -0.466 e. The van der Waals surface area contributed by atoms with Crippen LogP contribution in [0.1, 0.15) is 30.2 Å². The van der Waals surface area contributed by atoms with Crippen molar-refractivity contribution in [3.8, 4) is 0 Å². The van der Waals surface area contributed by atoms with Crippen LogP contribution in [0.5, 0.6) is 0 Å². The first kappa shape index (κ1) is 14.0. The highest BCUT2D eigenvalue weighted by molar-refractivity contribution is 5.93. The number of hydrogen-bond acceptors (Lipinski definition) is 6. The van der Waals surface area contributed by atoms with Crippen molar-refractivity contribution in [2.45, 2.75) is 19.9 Å². The van der Waals surface area contributed by atoms with Gasteiger partial charge in [0.15, 0.2) is 12.3 Å². The molecule has 106 valence electrons. The predicted molar refractivity (Wildman–Crippen MR) is 70.2 cm³/mol. The number of carbonyl (C=O) groups excluding carboxylic acids is 2. The molecule has 2 aromatic heterocycles. The normalized spacial score (nSPS) is 10.8. The van der Waals surface area contributed by atoms with Crippen molar-refractivity contribution in [2.24, 2.45) is 0 Å². The van der Waals surface area contributed by atoms with Crippen LogP contribution in [0.25, 0.3) is 11.0 Å². The Kier molecular flexibility index (Phi) is 3.97. The van der Waals surface area contributed by atoms with Gasteiger partial charge < -0.3 is 9.47 Å². The van der Waals surface area contributed by atoms with Crippen LogP contribution in [0.4, 0.5) is 0 Å². The van der Waals surface area contributed by atoms with Crippen LogP contribution >= 0.6 is 0 Å². The van der Waals surface area contributed by atoms with Gasteiger partial charge in [0.1, 0.15) is 0 Å². The number of pyridine rings is 1. The summed E-state index contributed by atoms with van der Waals surface area (Å²) in [6.07, 6.45) is 3.04. The van der Waals surface area contributed by atoms with Gasteiger partial charge >= 0.3 is 11.9 Å². The second-order valence-electron chi connectivity index (χ2n) is 4.47. The number of hydrogen-bond donors (Lipinski definition) is 0. The monoisotopic (exact) mass is 277 g/mol. The fourth-order valence-electron chi connectivity index (χ4n) is 1.70. The lowest BCUT2D eigenvalue weighted by atomic mass is 10.2. The van der Waals surface area contributed by atoms with E-state index in [1.54, 1.807) is 16.9 Å². The molecule has 0 saturated heterocycles. The Bertz CT molecular complexity index is 648. The third-order valence-corrected chi connectivity index (χ3v) is 2.71. The molecule has 0 saturated carbocycles. The van der Waals surface area contributed by atoms with Crippen LogP contribution in [-0.2, 0) is 14.3 Å². The Morgan fingerprint density at radius 2 is 2.10 bits per heavy atom. The molecule has 7 nitrogen and oxygen atoms in total. The number of ether oxygens (including phenoxy) is 2. The van der Waals surface area contributed by atoms with E-state index in [0.717, 1.165) is 5.39 Å². The fourth-order valence-corrected chi connectivity index (χ4v) is 1.70. The summed E-state index contributed by atoms with van der Waals surface area (Å²) in [6, 6.07) is 1.81. The molecule has 0 atom stereocenters. The van der Waals surface area contributed by atoms with Gasteiger partial charge in [-0.2, -0.15) is 5.10 Å². The van der Waals surface area contributed by atoms with E-state index in [2.05, 4.69) is 14.8 Å². The minimum atomic E-state index is -0.623. The first-order chi connectivity index (χ1) is 9.52. The second-order valence-corrected chi connectivity index (χ2v) is 4.47. The smallest absolute Gasteiger partial charge is 0.344 e. The van der Waals surface area contributed by atoms with Gasteiger partial charge in [0.2, 0.25) is 0 Å². The molecule has 0 aliphatic rings. The number of aromatic nitrogens is 3. The average molecular weight is 277 g/mol. The summed E-state index contributed by atoms with van der Waals surface area (Å²) in [5, 5.41) is 4.95. The van der Waals surface area contributed by atoms with E-state index in [9.17, 15) is 9.59 Å². The molecule has 20 heavy (non-hydrogen) atoms. The van der Waals surface area contributed by atoms with Crippen LogP contribution < -0.4 is 0 Å². The van der Waals surface area contributed by atoms with Crippen LogP contribution in [0.15, 0.2) is 18.5 Å². The number of esters is 2.